The Morgan fingerprint density at radius 1 is 1.31 bits per heavy atom. The summed E-state index contributed by atoms with van der Waals surface area (Å²) in [7, 11) is 1.50. The van der Waals surface area contributed by atoms with Gasteiger partial charge in [-0.1, -0.05) is 19.8 Å². The molecule has 4 heteroatoms. The maximum Gasteiger partial charge on any atom is 0.283 e. The molecular weight excluding hydrogens is 176 g/mol. The normalized spacial score (nSPS) is 12.0. The van der Waals surface area contributed by atoms with Gasteiger partial charge in [0.15, 0.2) is 0 Å². The molecule has 0 fully saturated rings. The van der Waals surface area contributed by atoms with Crippen LogP contribution in [0.2, 0.25) is 0 Å². The summed E-state index contributed by atoms with van der Waals surface area (Å²) in [5.41, 5.74) is 0. The SMILES string of the molecule is CCCCCOCC(F)(F)CNC. The van der Waals surface area contributed by atoms with Crippen molar-refractivity contribution in [1.29, 1.82) is 0 Å². The summed E-state index contributed by atoms with van der Waals surface area (Å²) in [5, 5.41) is 2.43. The van der Waals surface area contributed by atoms with E-state index in [2.05, 4.69) is 12.2 Å². The van der Waals surface area contributed by atoms with Crippen molar-refractivity contribution in [2.24, 2.45) is 0 Å². The molecular formula is C9H19F2NO. The first-order chi connectivity index (χ1) is 6.12. The molecule has 0 aliphatic carbocycles. The zero-order valence-electron chi connectivity index (χ0n) is 8.41. The smallest absolute Gasteiger partial charge is 0.283 e. The van der Waals surface area contributed by atoms with E-state index in [-0.39, 0.29) is 6.54 Å². The van der Waals surface area contributed by atoms with Gasteiger partial charge in [0.25, 0.3) is 5.92 Å². The van der Waals surface area contributed by atoms with Crippen molar-refractivity contribution >= 4 is 0 Å². The number of nitrogens with one attached hydrogen (secondary N) is 1. The minimum Gasteiger partial charge on any atom is -0.375 e. The number of unbranched alkanes of at least 4 members (excludes halogenated alkanes) is 2. The quantitative estimate of drug-likeness (QED) is 0.598. The highest BCUT2D eigenvalue weighted by molar-refractivity contribution is 4.66. The van der Waals surface area contributed by atoms with E-state index in [4.69, 9.17) is 4.74 Å². The first kappa shape index (κ1) is 12.8. The number of halogens is 2. The van der Waals surface area contributed by atoms with Gasteiger partial charge >= 0.3 is 0 Å². The van der Waals surface area contributed by atoms with Gasteiger partial charge in [0.1, 0.15) is 6.61 Å². The zero-order valence-corrected chi connectivity index (χ0v) is 8.41. The fourth-order valence-corrected chi connectivity index (χ4v) is 0.985. The zero-order chi connectivity index (χ0) is 10.2. The molecule has 0 aliphatic heterocycles. The lowest BCUT2D eigenvalue weighted by molar-refractivity contribution is -0.0740. The molecule has 0 aromatic rings. The van der Waals surface area contributed by atoms with Crippen molar-refractivity contribution in [1.82, 2.24) is 5.32 Å². The van der Waals surface area contributed by atoms with E-state index in [9.17, 15) is 8.78 Å². The van der Waals surface area contributed by atoms with Crippen LogP contribution in [-0.4, -0.2) is 32.7 Å². The Balaban J connectivity index is 3.29. The number of hydrogen-bond donors (Lipinski definition) is 1. The maximum absolute atomic E-state index is 12.7. The number of hydrogen-bond acceptors (Lipinski definition) is 2. The van der Waals surface area contributed by atoms with Crippen molar-refractivity contribution < 1.29 is 13.5 Å². The van der Waals surface area contributed by atoms with Crippen LogP contribution in [0.25, 0.3) is 0 Å². The van der Waals surface area contributed by atoms with E-state index < -0.39 is 12.5 Å². The molecule has 0 unspecified atom stereocenters. The van der Waals surface area contributed by atoms with E-state index >= 15 is 0 Å². The molecule has 0 spiro atoms. The van der Waals surface area contributed by atoms with E-state index in [1.807, 2.05) is 0 Å². The van der Waals surface area contributed by atoms with Crippen LogP contribution in [0, 0.1) is 0 Å². The molecule has 0 radical (unpaired) electrons. The Morgan fingerprint density at radius 2 is 2.00 bits per heavy atom. The molecule has 0 bridgehead atoms. The first-order valence-corrected chi connectivity index (χ1v) is 4.72. The third-order valence-corrected chi connectivity index (χ3v) is 1.64. The van der Waals surface area contributed by atoms with Crippen molar-refractivity contribution in [2.45, 2.75) is 32.1 Å². The molecule has 2 nitrogen and oxygen atoms in total. The average Bonchev–Trinajstić information content (AvgIpc) is 2.04. The summed E-state index contributed by atoms with van der Waals surface area (Å²) in [6.45, 7) is 1.71. The summed E-state index contributed by atoms with van der Waals surface area (Å²) >= 11 is 0. The summed E-state index contributed by atoms with van der Waals surface area (Å²) in [4.78, 5) is 0. The highest BCUT2D eigenvalue weighted by atomic mass is 19.3. The fourth-order valence-electron chi connectivity index (χ4n) is 0.985. The molecule has 0 heterocycles. The van der Waals surface area contributed by atoms with Gasteiger partial charge in [0, 0.05) is 6.61 Å². The van der Waals surface area contributed by atoms with E-state index in [1.165, 1.54) is 7.05 Å². The molecule has 80 valence electrons. The van der Waals surface area contributed by atoms with Gasteiger partial charge in [-0.15, -0.1) is 0 Å². The molecule has 13 heavy (non-hydrogen) atoms. The van der Waals surface area contributed by atoms with Crippen LogP contribution in [0.4, 0.5) is 8.78 Å². The maximum atomic E-state index is 12.7. The molecule has 0 amide bonds. The van der Waals surface area contributed by atoms with Crippen molar-refractivity contribution in [3.05, 3.63) is 0 Å². The van der Waals surface area contributed by atoms with Crippen molar-refractivity contribution in [2.75, 3.05) is 26.8 Å². The molecule has 0 atom stereocenters. The van der Waals surface area contributed by atoms with E-state index in [0.29, 0.717) is 6.61 Å². The predicted molar refractivity (Wildman–Crippen MR) is 49.2 cm³/mol. The Bertz CT molecular complexity index is 120. The molecule has 0 aromatic carbocycles. The van der Waals surface area contributed by atoms with Crippen LogP contribution in [-0.2, 0) is 4.74 Å². The summed E-state index contributed by atoms with van der Waals surface area (Å²) in [5.74, 6) is -2.74. The second-order valence-corrected chi connectivity index (χ2v) is 3.15. The second kappa shape index (κ2) is 7.21. The van der Waals surface area contributed by atoms with Gasteiger partial charge in [-0.3, -0.25) is 0 Å². The van der Waals surface area contributed by atoms with Crippen LogP contribution >= 0.6 is 0 Å². The van der Waals surface area contributed by atoms with Crippen LogP contribution < -0.4 is 5.32 Å². The third-order valence-electron chi connectivity index (χ3n) is 1.64. The fraction of sp³-hybridized carbons (Fsp3) is 1.00. The molecule has 0 saturated carbocycles. The molecule has 0 aliphatic rings. The largest absolute Gasteiger partial charge is 0.375 e. The minimum absolute atomic E-state index is 0.319. The lowest BCUT2D eigenvalue weighted by Gasteiger charge is -2.15. The van der Waals surface area contributed by atoms with Crippen LogP contribution in [0.1, 0.15) is 26.2 Å². The Morgan fingerprint density at radius 3 is 2.54 bits per heavy atom. The van der Waals surface area contributed by atoms with Gasteiger partial charge in [0.2, 0.25) is 0 Å². The van der Waals surface area contributed by atoms with E-state index in [1.54, 1.807) is 0 Å². The highest BCUT2D eigenvalue weighted by Crippen LogP contribution is 2.12. The molecule has 0 saturated heterocycles. The lowest BCUT2D eigenvalue weighted by Crippen LogP contribution is -2.35. The number of alkyl halides is 2. The van der Waals surface area contributed by atoms with Gasteiger partial charge in [-0.25, -0.2) is 8.78 Å². The third kappa shape index (κ3) is 8.12. The Hall–Kier alpha value is -0.220. The monoisotopic (exact) mass is 195 g/mol. The van der Waals surface area contributed by atoms with Gasteiger partial charge in [-0.05, 0) is 13.5 Å². The second-order valence-electron chi connectivity index (χ2n) is 3.15. The summed E-state index contributed by atoms with van der Waals surface area (Å²) in [6, 6.07) is 0. The Kier molecular flexibility index (Phi) is 7.09. The Labute approximate surface area is 78.7 Å². The average molecular weight is 195 g/mol. The highest BCUT2D eigenvalue weighted by Gasteiger charge is 2.27. The van der Waals surface area contributed by atoms with Gasteiger partial charge in [-0.2, -0.15) is 0 Å². The molecule has 1 N–H and O–H groups in total. The molecule has 0 aromatic heterocycles. The van der Waals surface area contributed by atoms with Crippen LogP contribution in [0.5, 0.6) is 0 Å². The summed E-state index contributed by atoms with van der Waals surface area (Å²) in [6.07, 6.45) is 2.99. The standard InChI is InChI=1S/C9H19F2NO/c1-3-4-5-6-13-8-9(10,11)7-12-2/h12H,3-8H2,1-2H3. The van der Waals surface area contributed by atoms with Gasteiger partial charge in [0.05, 0.1) is 6.54 Å². The summed E-state index contributed by atoms with van der Waals surface area (Å²) < 4.78 is 30.4. The first-order valence-electron chi connectivity index (χ1n) is 4.72. The molecule has 0 rings (SSSR count). The predicted octanol–water partition coefficient (Wildman–Crippen LogP) is 2.05. The van der Waals surface area contributed by atoms with Crippen LogP contribution in [0.15, 0.2) is 0 Å². The minimum atomic E-state index is -2.74. The van der Waals surface area contributed by atoms with Crippen molar-refractivity contribution in [3.63, 3.8) is 0 Å². The van der Waals surface area contributed by atoms with E-state index in [0.717, 1.165) is 19.3 Å². The lowest BCUT2D eigenvalue weighted by atomic mass is 10.3. The van der Waals surface area contributed by atoms with Crippen molar-refractivity contribution in [3.8, 4) is 0 Å². The van der Waals surface area contributed by atoms with Gasteiger partial charge < -0.3 is 10.1 Å². The topological polar surface area (TPSA) is 21.3 Å². The van der Waals surface area contributed by atoms with Crippen LogP contribution in [0.3, 0.4) is 0 Å². The number of rotatable bonds is 8. The number of ether oxygens (including phenoxy) is 1.